The average molecular weight is 902 g/mol. The predicted molar refractivity (Wildman–Crippen MR) is 221 cm³/mol. The van der Waals surface area contributed by atoms with Gasteiger partial charge in [0.25, 0.3) is 11.8 Å². The summed E-state index contributed by atoms with van der Waals surface area (Å²) in [5.41, 5.74) is 2.81. The Balaban J connectivity index is 0.000000174. The van der Waals surface area contributed by atoms with Gasteiger partial charge in [-0.25, -0.2) is 26.3 Å². The van der Waals surface area contributed by atoms with E-state index >= 15 is 0 Å². The summed E-state index contributed by atoms with van der Waals surface area (Å²) in [6.45, 7) is 13.8. The van der Waals surface area contributed by atoms with E-state index in [0.717, 1.165) is 18.3 Å². The van der Waals surface area contributed by atoms with E-state index in [1.54, 1.807) is 31.2 Å². The summed E-state index contributed by atoms with van der Waals surface area (Å²) in [7, 11) is -0.672. The number of benzene rings is 2. The summed E-state index contributed by atoms with van der Waals surface area (Å²) in [5, 5.41) is 0. The molecule has 2 aliphatic carbocycles. The normalized spacial score (nSPS) is 18.3. The molecule has 3 aliphatic rings. The number of ether oxygens (including phenoxy) is 1. The molecular weight excluding hydrogens is 853 g/mol. The summed E-state index contributed by atoms with van der Waals surface area (Å²) in [6, 6.07) is 12.3. The van der Waals surface area contributed by atoms with Crippen molar-refractivity contribution < 1.29 is 50.0 Å². The van der Waals surface area contributed by atoms with Crippen LogP contribution in [-0.4, -0.2) is 40.0 Å². The Hall–Kier alpha value is -4.34. The molecule has 320 valence electrons. The van der Waals surface area contributed by atoms with Crippen molar-refractivity contribution in [3.05, 3.63) is 127 Å². The number of nitrogens with zero attached hydrogens (tertiary/aromatic N) is 2. The van der Waals surface area contributed by atoms with E-state index in [0.29, 0.717) is 70.4 Å². The van der Waals surface area contributed by atoms with Gasteiger partial charge in [0, 0.05) is 83.5 Å². The van der Waals surface area contributed by atoms with Crippen LogP contribution in [0.25, 0.3) is 5.76 Å². The van der Waals surface area contributed by atoms with E-state index in [2.05, 4.69) is 25.9 Å². The molecule has 7 rings (SSSR count). The third-order valence-corrected chi connectivity index (χ3v) is 11.9. The number of hydrogen-bond acceptors (Lipinski definition) is 7. The molecule has 0 saturated carbocycles. The number of aryl methyl sites for hydroxylation is 2. The average Bonchev–Trinajstić information content (AvgIpc) is 3.24. The number of aromatic nitrogens is 2. The molecule has 1 saturated heterocycles. The number of allylic oxidation sites excluding steroid dienone is 1. The largest absolute Gasteiger partial charge is 0.496 e. The number of Topliss-reactive ketones (excluding diaryl/α,β-unsaturated/α-hetero) is 1. The molecule has 3 heterocycles. The van der Waals surface area contributed by atoms with E-state index in [4.69, 9.17) is 14.0 Å². The Labute approximate surface area is 355 Å². The highest BCUT2D eigenvalue weighted by Gasteiger charge is 2.52. The second-order valence-corrected chi connectivity index (χ2v) is 17.3. The lowest BCUT2D eigenvalue weighted by molar-refractivity contribution is -0.134. The standard InChI is InChI=1S/C19H18F3NO.C14H20BF2NO2.C12H10BrFO2/c1-11-16(19(2,21)22)8-13(10-23-11)15-7-6-14-12(9-18(15)24)4-3-5-17(14)20;1-9-11(14(6,16)17)7-10(8-18-9)15-19-12(2,3)13(4,5)20-15;1-7(15)16-12-9-3-2-4-11(14)8(9)5-6-10(12)13/h3-5,8,10,15H,6-7,9H2,1-2H3;7-8H,1-6H3;2-4H,5-6H2,1H3. The minimum absolute atomic E-state index is 0.0876. The molecular formula is C45H48BBrF6N2O5. The number of halogens is 7. The fourth-order valence-corrected chi connectivity index (χ4v) is 7.71. The van der Waals surface area contributed by atoms with Gasteiger partial charge in [-0.15, -0.1) is 0 Å². The highest BCUT2D eigenvalue weighted by molar-refractivity contribution is 9.11. The first-order chi connectivity index (χ1) is 27.8. The third kappa shape index (κ3) is 10.6. The zero-order valence-corrected chi connectivity index (χ0v) is 36.6. The lowest BCUT2D eigenvalue weighted by Crippen LogP contribution is -2.41. The highest BCUT2D eigenvalue weighted by Crippen LogP contribution is 2.39. The van der Waals surface area contributed by atoms with Crippen LogP contribution in [0.3, 0.4) is 0 Å². The van der Waals surface area contributed by atoms with Crippen LogP contribution < -0.4 is 5.46 Å². The number of fused-ring (bicyclic) bond motifs is 2. The summed E-state index contributed by atoms with van der Waals surface area (Å²) in [4.78, 5) is 31.7. The van der Waals surface area contributed by atoms with Crippen LogP contribution >= 0.6 is 15.9 Å². The minimum Gasteiger partial charge on any atom is -0.425 e. The third-order valence-electron chi connectivity index (χ3n) is 11.2. The Bertz CT molecular complexity index is 2290. The molecule has 7 nitrogen and oxygen atoms in total. The lowest BCUT2D eigenvalue weighted by atomic mass is 9.79. The first kappa shape index (κ1) is 46.7. The summed E-state index contributed by atoms with van der Waals surface area (Å²) in [6.07, 6.45) is 5.20. The van der Waals surface area contributed by atoms with E-state index in [-0.39, 0.29) is 40.7 Å². The van der Waals surface area contributed by atoms with Crippen LogP contribution in [0.1, 0.15) is 118 Å². The smallest absolute Gasteiger partial charge is 0.425 e. The molecule has 2 aromatic heterocycles. The van der Waals surface area contributed by atoms with E-state index in [1.807, 2.05) is 27.7 Å². The van der Waals surface area contributed by atoms with Crippen LogP contribution in [0.5, 0.6) is 0 Å². The van der Waals surface area contributed by atoms with Crippen molar-refractivity contribution in [1.29, 1.82) is 0 Å². The van der Waals surface area contributed by atoms with E-state index in [9.17, 15) is 35.9 Å². The van der Waals surface area contributed by atoms with Crippen LogP contribution in [0, 0.1) is 25.5 Å². The van der Waals surface area contributed by atoms with Gasteiger partial charge in [-0.05, 0) is 114 Å². The fraction of sp³-hybridized carbons (Fsp3) is 0.422. The second kappa shape index (κ2) is 17.9. The maximum Gasteiger partial charge on any atom is 0.496 e. The van der Waals surface area contributed by atoms with Gasteiger partial charge in [0.1, 0.15) is 23.2 Å². The Morgan fingerprint density at radius 3 is 1.97 bits per heavy atom. The van der Waals surface area contributed by atoms with Crippen molar-refractivity contribution in [2.24, 2.45) is 0 Å². The number of rotatable bonds is 5. The van der Waals surface area contributed by atoms with Gasteiger partial charge in [0.05, 0.1) is 11.2 Å². The van der Waals surface area contributed by atoms with Gasteiger partial charge >= 0.3 is 13.1 Å². The quantitative estimate of drug-likeness (QED) is 0.0853. The molecule has 4 aromatic rings. The number of pyridine rings is 2. The van der Waals surface area contributed by atoms with Crippen LogP contribution in [-0.2, 0) is 54.7 Å². The number of hydrogen-bond donors (Lipinski definition) is 0. The summed E-state index contributed by atoms with van der Waals surface area (Å²) < 4.78 is 99.7. The van der Waals surface area contributed by atoms with Crippen molar-refractivity contribution >= 4 is 46.0 Å². The molecule has 1 atom stereocenters. The monoisotopic (exact) mass is 900 g/mol. The zero-order valence-electron chi connectivity index (χ0n) is 35.0. The molecule has 1 unspecified atom stereocenters. The number of esters is 1. The Kier molecular flexibility index (Phi) is 14.0. The molecule has 60 heavy (non-hydrogen) atoms. The predicted octanol–water partition coefficient (Wildman–Crippen LogP) is 10.7. The van der Waals surface area contributed by atoms with Crippen LogP contribution in [0.2, 0.25) is 0 Å². The van der Waals surface area contributed by atoms with Crippen LogP contribution in [0.4, 0.5) is 26.3 Å². The summed E-state index contributed by atoms with van der Waals surface area (Å²) in [5.74, 6) is -7.10. The number of carbonyl (C=O) groups excluding carboxylic acids is 2. The first-order valence-electron chi connectivity index (χ1n) is 19.5. The molecule has 0 amide bonds. The molecule has 1 fully saturated rings. The van der Waals surface area contributed by atoms with Gasteiger partial charge in [-0.2, -0.15) is 0 Å². The van der Waals surface area contributed by atoms with Gasteiger partial charge in [-0.1, -0.05) is 40.2 Å². The van der Waals surface area contributed by atoms with Crippen molar-refractivity contribution in [1.82, 2.24) is 9.97 Å². The van der Waals surface area contributed by atoms with Crippen molar-refractivity contribution in [3.63, 3.8) is 0 Å². The SMILES string of the molecule is CC(=O)OC1=C(Br)CCc2c(F)cccc21.Cc1ncc(B2OC(C)(C)C(C)(C)O2)cc1C(C)(F)F.Cc1ncc(C2CCc3c(F)cccc3CC2=O)cc1C(C)(F)F. The van der Waals surface area contributed by atoms with Crippen LogP contribution in [0.15, 0.2) is 65.4 Å². The van der Waals surface area contributed by atoms with Gasteiger partial charge in [0.2, 0.25) is 0 Å². The Morgan fingerprint density at radius 2 is 1.38 bits per heavy atom. The van der Waals surface area contributed by atoms with Crippen molar-refractivity contribution in [2.45, 2.75) is 123 Å². The summed E-state index contributed by atoms with van der Waals surface area (Å²) >= 11 is 3.36. The topological polar surface area (TPSA) is 87.6 Å². The fourth-order valence-electron chi connectivity index (χ4n) is 7.22. The number of ketones is 1. The number of carbonyl (C=O) groups is 2. The zero-order chi connectivity index (χ0) is 44.5. The van der Waals surface area contributed by atoms with Gasteiger partial charge in [-0.3, -0.25) is 19.6 Å². The molecule has 15 heteroatoms. The van der Waals surface area contributed by atoms with E-state index in [1.165, 1.54) is 50.5 Å². The minimum atomic E-state index is -3.02. The highest BCUT2D eigenvalue weighted by atomic mass is 79.9. The van der Waals surface area contributed by atoms with Gasteiger partial charge in [0.15, 0.2) is 0 Å². The van der Waals surface area contributed by atoms with Gasteiger partial charge < -0.3 is 14.0 Å². The molecule has 0 bridgehead atoms. The number of alkyl halides is 4. The molecule has 0 spiro atoms. The van der Waals surface area contributed by atoms with Crippen molar-refractivity contribution in [2.75, 3.05) is 0 Å². The molecule has 1 aliphatic heterocycles. The second-order valence-electron chi connectivity index (χ2n) is 16.4. The first-order valence-corrected chi connectivity index (χ1v) is 20.3. The van der Waals surface area contributed by atoms with E-state index < -0.39 is 42.1 Å². The maximum absolute atomic E-state index is 14.0. The molecule has 0 N–H and O–H groups in total. The molecule has 2 aromatic carbocycles. The maximum atomic E-state index is 14.0. The molecule has 0 radical (unpaired) electrons. The lowest BCUT2D eigenvalue weighted by Gasteiger charge is -2.32. The van der Waals surface area contributed by atoms with Crippen molar-refractivity contribution in [3.8, 4) is 0 Å². The Morgan fingerprint density at radius 1 is 0.833 bits per heavy atom.